The zero-order valence-electron chi connectivity index (χ0n) is 13.7. The van der Waals surface area contributed by atoms with Crippen molar-refractivity contribution in [1.82, 2.24) is 0 Å². The van der Waals surface area contributed by atoms with Crippen molar-refractivity contribution < 1.29 is 14.2 Å². The molecule has 0 amide bonds. The monoisotopic (exact) mass is 288 g/mol. The maximum Gasteiger partial charge on any atom is 0.203 e. The van der Waals surface area contributed by atoms with Crippen LogP contribution in [0.5, 0.6) is 17.2 Å². The predicted octanol–water partition coefficient (Wildman–Crippen LogP) is 4.32. The van der Waals surface area contributed by atoms with Gasteiger partial charge in [-0.3, -0.25) is 0 Å². The first kappa shape index (κ1) is 16.9. The summed E-state index contributed by atoms with van der Waals surface area (Å²) in [6.07, 6.45) is 0. The first-order valence-corrected chi connectivity index (χ1v) is 6.83. The zero-order valence-corrected chi connectivity index (χ0v) is 13.7. The fourth-order valence-corrected chi connectivity index (χ4v) is 1.92. The van der Waals surface area contributed by atoms with Gasteiger partial charge in [-0.2, -0.15) is 0 Å². The van der Waals surface area contributed by atoms with Crippen LogP contribution in [0.3, 0.4) is 0 Å². The third-order valence-electron chi connectivity index (χ3n) is 3.46. The molecule has 2 rings (SSSR count). The quantitative estimate of drug-likeness (QED) is 0.841. The fraction of sp³-hybridized carbons (Fsp3) is 0.333. The highest BCUT2D eigenvalue weighted by Gasteiger charge is 2.08. The van der Waals surface area contributed by atoms with Gasteiger partial charge < -0.3 is 14.2 Å². The van der Waals surface area contributed by atoms with Crippen molar-refractivity contribution in [3.63, 3.8) is 0 Å². The third-order valence-corrected chi connectivity index (χ3v) is 3.46. The number of methoxy groups -OCH3 is 3. The molecule has 0 saturated carbocycles. The van der Waals surface area contributed by atoms with Gasteiger partial charge in [-0.25, -0.2) is 0 Å². The highest BCUT2D eigenvalue weighted by Crippen LogP contribution is 2.35. The minimum absolute atomic E-state index is 0.627. The van der Waals surface area contributed by atoms with E-state index in [1.807, 2.05) is 18.2 Å². The summed E-state index contributed by atoms with van der Waals surface area (Å²) in [5.74, 6) is 1.98. The average Bonchev–Trinajstić information content (AvgIpc) is 2.52. The molecule has 0 unspecified atom stereocenters. The van der Waals surface area contributed by atoms with Crippen molar-refractivity contribution in [3.8, 4) is 17.2 Å². The topological polar surface area (TPSA) is 27.7 Å². The maximum absolute atomic E-state index is 5.11. The molecule has 0 atom stereocenters. The molecule has 3 nitrogen and oxygen atoms in total. The second-order valence-corrected chi connectivity index (χ2v) is 4.71. The van der Waals surface area contributed by atoms with Gasteiger partial charge in [0.2, 0.25) is 5.75 Å². The lowest BCUT2D eigenvalue weighted by Crippen LogP contribution is -1.93. The van der Waals surface area contributed by atoms with Crippen molar-refractivity contribution in [3.05, 3.63) is 53.1 Å². The van der Waals surface area contributed by atoms with Crippen molar-refractivity contribution in [2.45, 2.75) is 20.8 Å². The summed E-state index contributed by atoms with van der Waals surface area (Å²) in [7, 11) is 4.77. The Morgan fingerprint density at radius 2 is 1.05 bits per heavy atom. The van der Waals surface area contributed by atoms with Gasteiger partial charge in [0.25, 0.3) is 0 Å². The van der Waals surface area contributed by atoms with E-state index in [1.54, 1.807) is 21.3 Å². The van der Waals surface area contributed by atoms with Crippen LogP contribution < -0.4 is 14.2 Å². The van der Waals surface area contributed by atoms with Crippen molar-refractivity contribution in [2.75, 3.05) is 21.3 Å². The van der Waals surface area contributed by atoms with Gasteiger partial charge >= 0.3 is 0 Å². The highest BCUT2D eigenvalue weighted by atomic mass is 16.5. The molecule has 0 aliphatic carbocycles. The van der Waals surface area contributed by atoms with Crippen LogP contribution in [0.4, 0.5) is 0 Å². The molecular weight excluding hydrogens is 264 g/mol. The lowest BCUT2D eigenvalue weighted by atomic mass is 10.1. The summed E-state index contributed by atoms with van der Waals surface area (Å²) in [6, 6.07) is 11.9. The van der Waals surface area contributed by atoms with Crippen LogP contribution in [0, 0.1) is 20.8 Å². The molecular formula is C18H24O3. The number of rotatable bonds is 3. The van der Waals surface area contributed by atoms with E-state index in [1.165, 1.54) is 16.7 Å². The Bertz CT molecular complexity index is 534. The molecule has 0 fully saturated rings. The normalized spacial score (nSPS) is 9.43. The van der Waals surface area contributed by atoms with Crippen molar-refractivity contribution in [2.24, 2.45) is 0 Å². The van der Waals surface area contributed by atoms with E-state index in [0.717, 1.165) is 0 Å². The minimum atomic E-state index is 0.627. The first-order valence-electron chi connectivity index (χ1n) is 6.83. The van der Waals surface area contributed by atoms with Crippen LogP contribution in [0.1, 0.15) is 16.7 Å². The Labute approximate surface area is 127 Å². The number of aryl methyl sites for hydroxylation is 2. The van der Waals surface area contributed by atoms with Gasteiger partial charge in [0.15, 0.2) is 11.5 Å². The molecule has 0 bridgehead atoms. The Balaban J connectivity index is 0.000000219. The molecule has 0 radical (unpaired) electrons. The average molecular weight is 288 g/mol. The van der Waals surface area contributed by atoms with Gasteiger partial charge in [0, 0.05) is 0 Å². The van der Waals surface area contributed by atoms with Gasteiger partial charge in [0.05, 0.1) is 21.3 Å². The van der Waals surface area contributed by atoms with Crippen LogP contribution in [0.2, 0.25) is 0 Å². The van der Waals surface area contributed by atoms with E-state index in [9.17, 15) is 0 Å². The predicted molar refractivity (Wildman–Crippen MR) is 86.8 cm³/mol. The summed E-state index contributed by atoms with van der Waals surface area (Å²) < 4.78 is 15.3. The molecule has 0 heterocycles. The highest BCUT2D eigenvalue weighted by molar-refractivity contribution is 5.50. The molecule has 0 saturated heterocycles. The standard InChI is InChI=1S/C9H12O3.C9H12/c1-10-7-5-4-6-8(11-2)9(7)12-3;1-7-5-4-6-8(2)9(7)3/h4-6H,1-3H3;4-6H,1-3H3. The van der Waals surface area contributed by atoms with E-state index in [2.05, 4.69) is 39.0 Å². The van der Waals surface area contributed by atoms with E-state index >= 15 is 0 Å². The fourth-order valence-electron chi connectivity index (χ4n) is 1.92. The van der Waals surface area contributed by atoms with Crippen LogP contribution in [-0.4, -0.2) is 21.3 Å². The lowest BCUT2D eigenvalue weighted by Gasteiger charge is -2.10. The minimum Gasteiger partial charge on any atom is -0.493 e. The summed E-state index contributed by atoms with van der Waals surface area (Å²) >= 11 is 0. The second-order valence-electron chi connectivity index (χ2n) is 4.71. The van der Waals surface area contributed by atoms with Crippen molar-refractivity contribution >= 4 is 0 Å². The molecule has 2 aromatic rings. The summed E-state index contributed by atoms with van der Waals surface area (Å²) in [5.41, 5.74) is 4.18. The van der Waals surface area contributed by atoms with Gasteiger partial charge in [-0.05, 0) is 49.6 Å². The van der Waals surface area contributed by atoms with Crippen LogP contribution >= 0.6 is 0 Å². The van der Waals surface area contributed by atoms with Crippen LogP contribution in [0.25, 0.3) is 0 Å². The molecule has 0 N–H and O–H groups in total. The Morgan fingerprint density at radius 3 is 1.38 bits per heavy atom. The molecule has 0 spiro atoms. The number of hydrogen-bond donors (Lipinski definition) is 0. The zero-order chi connectivity index (χ0) is 15.8. The maximum atomic E-state index is 5.11. The number of ether oxygens (including phenoxy) is 3. The molecule has 2 aromatic carbocycles. The molecule has 3 heteroatoms. The summed E-state index contributed by atoms with van der Waals surface area (Å²) in [5, 5.41) is 0. The van der Waals surface area contributed by atoms with Crippen LogP contribution in [0.15, 0.2) is 36.4 Å². The van der Waals surface area contributed by atoms with Crippen LogP contribution in [-0.2, 0) is 0 Å². The van der Waals surface area contributed by atoms with Crippen molar-refractivity contribution in [1.29, 1.82) is 0 Å². The largest absolute Gasteiger partial charge is 0.493 e. The Kier molecular flexibility index (Phi) is 6.60. The van der Waals surface area contributed by atoms with E-state index in [4.69, 9.17) is 14.2 Å². The summed E-state index contributed by atoms with van der Waals surface area (Å²) in [4.78, 5) is 0. The Hall–Kier alpha value is -2.16. The molecule has 0 aromatic heterocycles. The molecule has 0 aliphatic rings. The second kappa shape index (κ2) is 8.20. The van der Waals surface area contributed by atoms with Gasteiger partial charge in [-0.15, -0.1) is 0 Å². The first-order chi connectivity index (χ1) is 10.0. The lowest BCUT2D eigenvalue weighted by molar-refractivity contribution is 0.324. The smallest absolute Gasteiger partial charge is 0.203 e. The number of benzene rings is 2. The van der Waals surface area contributed by atoms with E-state index in [0.29, 0.717) is 17.2 Å². The SMILES string of the molecule is COc1cccc(OC)c1OC.Cc1cccc(C)c1C. The molecule has 0 aliphatic heterocycles. The van der Waals surface area contributed by atoms with Gasteiger partial charge in [-0.1, -0.05) is 24.3 Å². The molecule has 21 heavy (non-hydrogen) atoms. The van der Waals surface area contributed by atoms with E-state index < -0.39 is 0 Å². The summed E-state index contributed by atoms with van der Waals surface area (Å²) in [6.45, 7) is 6.44. The molecule has 114 valence electrons. The number of hydrogen-bond acceptors (Lipinski definition) is 3. The van der Waals surface area contributed by atoms with Gasteiger partial charge in [0.1, 0.15) is 0 Å². The number of para-hydroxylation sites is 1. The Morgan fingerprint density at radius 1 is 0.619 bits per heavy atom. The third kappa shape index (κ3) is 4.42. The van der Waals surface area contributed by atoms with E-state index in [-0.39, 0.29) is 0 Å².